The molecule has 1 aromatic carbocycles. The number of nitrogens with one attached hydrogen (secondary N) is 2. The van der Waals surface area contributed by atoms with E-state index in [1.165, 1.54) is 0 Å². The predicted octanol–water partition coefficient (Wildman–Crippen LogP) is 2.46. The zero-order valence-electron chi connectivity index (χ0n) is 12.5. The van der Waals surface area contributed by atoms with E-state index in [1.807, 2.05) is 38.1 Å². The van der Waals surface area contributed by atoms with E-state index >= 15 is 0 Å². The summed E-state index contributed by atoms with van der Waals surface area (Å²) in [4.78, 5) is 15.1. The molecule has 2 rings (SSSR count). The monoisotopic (exact) mass is 290 g/mol. The van der Waals surface area contributed by atoms with Gasteiger partial charge in [-0.15, -0.1) is 0 Å². The Morgan fingerprint density at radius 1 is 1.38 bits per heavy atom. The Kier molecular flexibility index (Phi) is 5.22. The van der Waals surface area contributed by atoms with Crippen molar-refractivity contribution >= 4 is 16.8 Å². The van der Waals surface area contributed by atoms with Crippen LogP contribution in [0.25, 0.3) is 10.9 Å². The summed E-state index contributed by atoms with van der Waals surface area (Å²) in [7, 11) is 0. The molecule has 0 radical (unpaired) electrons. The normalized spacial score (nSPS) is 12.3. The fraction of sp³-hybridized carbons (Fsp3) is 0.438. The van der Waals surface area contributed by atoms with Gasteiger partial charge in [-0.1, -0.05) is 6.92 Å². The Bertz CT molecular complexity index is 607. The largest absolute Gasteiger partial charge is 0.494 e. The lowest BCUT2D eigenvalue weighted by Crippen LogP contribution is -2.27. The molecule has 0 aliphatic carbocycles. The first-order valence-electron chi connectivity index (χ1n) is 7.35. The quantitative estimate of drug-likeness (QED) is 0.733. The van der Waals surface area contributed by atoms with Crippen LogP contribution in [0.15, 0.2) is 24.3 Å². The average Bonchev–Trinajstić information content (AvgIpc) is 2.90. The van der Waals surface area contributed by atoms with Crippen molar-refractivity contribution in [1.82, 2.24) is 10.3 Å². The number of hydrogen-bond donors (Lipinski definition) is 3. The number of fused-ring (bicyclic) bond motifs is 1. The molecule has 1 aromatic heterocycles. The second kappa shape index (κ2) is 7.13. The molecule has 1 unspecified atom stereocenters. The molecule has 0 aliphatic heterocycles. The second-order valence-corrected chi connectivity index (χ2v) is 4.97. The highest BCUT2D eigenvalue weighted by Crippen LogP contribution is 2.21. The highest BCUT2D eigenvalue weighted by atomic mass is 16.5. The number of carbonyl (C=O) groups is 1. The van der Waals surface area contributed by atoms with E-state index < -0.39 is 0 Å². The molecule has 2 aromatic rings. The first kappa shape index (κ1) is 15.4. The maximum absolute atomic E-state index is 12.0. The van der Waals surface area contributed by atoms with Gasteiger partial charge in [0.1, 0.15) is 11.4 Å². The number of carbonyl (C=O) groups excluding carboxylic acids is 1. The summed E-state index contributed by atoms with van der Waals surface area (Å²) in [5.74, 6) is 0.623. The fourth-order valence-electron chi connectivity index (χ4n) is 2.14. The van der Waals surface area contributed by atoms with Crippen LogP contribution >= 0.6 is 0 Å². The smallest absolute Gasteiger partial charge is 0.267 e. The van der Waals surface area contributed by atoms with E-state index in [2.05, 4.69) is 10.3 Å². The Morgan fingerprint density at radius 3 is 2.90 bits per heavy atom. The van der Waals surface area contributed by atoms with Crippen LogP contribution in [0.5, 0.6) is 5.75 Å². The number of rotatable bonds is 7. The maximum atomic E-state index is 12.0. The number of benzene rings is 1. The molecule has 0 saturated heterocycles. The first-order chi connectivity index (χ1) is 10.1. The molecule has 1 heterocycles. The minimum Gasteiger partial charge on any atom is -0.494 e. The minimum atomic E-state index is -0.359. The van der Waals surface area contributed by atoms with Crippen molar-refractivity contribution in [3.63, 3.8) is 0 Å². The standard InChI is InChI=1S/C16H22N2O3/c1-3-12(19)7-8-17-16(20)15-9-11-5-6-13(21-4-2)10-14(11)18-15/h5-6,9-10,12,18-19H,3-4,7-8H2,1-2H3,(H,17,20). The molecule has 3 N–H and O–H groups in total. The third-order valence-electron chi connectivity index (χ3n) is 3.38. The van der Waals surface area contributed by atoms with Crippen LogP contribution in [0.4, 0.5) is 0 Å². The Labute approximate surface area is 124 Å². The third kappa shape index (κ3) is 3.98. The number of hydrogen-bond acceptors (Lipinski definition) is 3. The average molecular weight is 290 g/mol. The molecule has 5 nitrogen and oxygen atoms in total. The van der Waals surface area contributed by atoms with Gasteiger partial charge in [-0.3, -0.25) is 4.79 Å². The molecule has 1 atom stereocenters. The summed E-state index contributed by atoms with van der Waals surface area (Å²) in [6, 6.07) is 7.51. The van der Waals surface area contributed by atoms with Crippen LogP contribution in [-0.2, 0) is 0 Å². The van der Waals surface area contributed by atoms with E-state index in [1.54, 1.807) is 0 Å². The van der Waals surface area contributed by atoms with Crippen molar-refractivity contribution in [2.24, 2.45) is 0 Å². The molecular weight excluding hydrogens is 268 g/mol. The SMILES string of the molecule is CCOc1ccc2cc(C(=O)NCCC(O)CC)[nH]c2c1. The number of aromatic nitrogens is 1. The lowest BCUT2D eigenvalue weighted by Gasteiger charge is -2.07. The molecule has 0 bridgehead atoms. The van der Waals surface area contributed by atoms with Crippen molar-refractivity contribution in [3.05, 3.63) is 30.0 Å². The molecular formula is C16H22N2O3. The molecule has 21 heavy (non-hydrogen) atoms. The predicted molar refractivity (Wildman–Crippen MR) is 82.7 cm³/mol. The molecule has 0 saturated carbocycles. The summed E-state index contributed by atoms with van der Waals surface area (Å²) in [5.41, 5.74) is 1.39. The molecule has 114 valence electrons. The minimum absolute atomic E-state index is 0.160. The van der Waals surface area contributed by atoms with Crippen molar-refractivity contribution in [2.45, 2.75) is 32.8 Å². The Hall–Kier alpha value is -2.01. The maximum Gasteiger partial charge on any atom is 0.267 e. The van der Waals surface area contributed by atoms with Gasteiger partial charge in [0.2, 0.25) is 0 Å². The highest BCUT2D eigenvalue weighted by molar-refractivity contribution is 5.98. The Morgan fingerprint density at radius 2 is 2.19 bits per heavy atom. The molecule has 0 aliphatic rings. The van der Waals surface area contributed by atoms with Crippen molar-refractivity contribution in [3.8, 4) is 5.75 Å². The van der Waals surface area contributed by atoms with Crippen molar-refractivity contribution < 1.29 is 14.6 Å². The van der Waals surface area contributed by atoms with Gasteiger partial charge in [0.05, 0.1) is 12.7 Å². The van der Waals surface area contributed by atoms with E-state index in [0.29, 0.717) is 31.7 Å². The van der Waals surface area contributed by atoms with Crippen LogP contribution in [0.2, 0.25) is 0 Å². The zero-order valence-corrected chi connectivity index (χ0v) is 12.5. The lowest BCUT2D eigenvalue weighted by molar-refractivity contribution is 0.0938. The number of aliphatic hydroxyl groups is 1. The van der Waals surface area contributed by atoms with Gasteiger partial charge in [-0.2, -0.15) is 0 Å². The summed E-state index contributed by atoms with van der Waals surface area (Å²) < 4.78 is 5.44. The van der Waals surface area contributed by atoms with Crippen LogP contribution in [0.1, 0.15) is 37.2 Å². The summed E-state index contributed by atoms with van der Waals surface area (Å²) in [6.45, 7) is 4.93. The Balaban J connectivity index is 2.02. The van der Waals surface area contributed by atoms with Gasteiger partial charge >= 0.3 is 0 Å². The summed E-state index contributed by atoms with van der Waals surface area (Å²) >= 11 is 0. The third-order valence-corrected chi connectivity index (χ3v) is 3.38. The summed E-state index contributed by atoms with van der Waals surface area (Å²) in [6.07, 6.45) is 0.904. The van der Waals surface area contributed by atoms with E-state index in [9.17, 15) is 9.90 Å². The zero-order chi connectivity index (χ0) is 15.2. The van der Waals surface area contributed by atoms with Gasteiger partial charge in [0, 0.05) is 23.5 Å². The van der Waals surface area contributed by atoms with Crippen LogP contribution in [0.3, 0.4) is 0 Å². The highest BCUT2D eigenvalue weighted by Gasteiger charge is 2.10. The van der Waals surface area contributed by atoms with Gasteiger partial charge < -0.3 is 20.1 Å². The lowest BCUT2D eigenvalue weighted by atomic mass is 10.2. The number of ether oxygens (including phenoxy) is 1. The van der Waals surface area contributed by atoms with Gasteiger partial charge in [-0.25, -0.2) is 0 Å². The van der Waals surface area contributed by atoms with E-state index in [-0.39, 0.29) is 12.0 Å². The molecule has 0 spiro atoms. The first-order valence-corrected chi connectivity index (χ1v) is 7.35. The van der Waals surface area contributed by atoms with Crippen LogP contribution in [-0.4, -0.2) is 35.3 Å². The molecule has 5 heteroatoms. The van der Waals surface area contributed by atoms with Gasteiger partial charge in [0.25, 0.3) is 5.91 Å². The summed E-state index contributed by atoms with van der Waals surface area (Å²) in [5, 5.41) is 13.2. The van der Waals surface area contributed by atoms with Crippen molar-refractivity contribution in [2.75, 3.05) is 13.2 Å². The number of H-pyrrole nitrogens is 1. The van der Waals surface area contributed by atoms with Crippen LogP contribution < -0.4 is 10.1 Å². The second-order valence-electron chi connectivity index (χ2n) is 4.97. The van der Waals surface area contributed by atoms with Gasteiger partial charge in [0.15, 0.2) is 0 Å². The molecule has 1 amide bonds. The van der Waals surface area contributed by atoms with Crippen LogP contribution in [0, 0.1) is 0 Å². The number of aromatic amines is 1. The number of aliphatic hydroxyl groups excluding tert-OH is 1. The van der Waals surface area contributed by atoms with Gasteiger partial charge in [-0.05, 0) is 38.0 Å². The van der Waals surface area contributed by atoms with E-state index in [4.69, 9.17) is 4.74 Å². The fourth-order valence-corrected chi connectivity index (χ4v) is 2.14. The molecule has 0 fully saturated rings. The van der Waals surface area contributed by atoms with Crippen molar-refractivity contribution in [1.29, 1.82) is 0 Å². The topological polar surface area (TPSA) is 74.3 Å². The van der Waals surface area contributed by atoms with E-state index in [0.717, 1.165) is 16.7 Å². The number of amides is 1.